The summed E-state index contributed by atoms with van der Waals surface area (Å²) in [5, 5.41) is 13.3. The van der Waals surface area contributed by atoms with Gasteiger partial charge in [0, 0.05) is 12.6 Å². The van der Waals surface area contributed by atoms with Crippen molar-refractivity contribution in [2.45, 2.75) is 6.42 Å². The van der Waals surface area contributed by atoms with Crippen molar-refractivity contribution in [2.24, 2.45) is 0 Å². The van der Waals surface area contributed by atoms with Gasteiger partial charge in [0.05, 0.1) is 18.9 Å². The van der Waals surface area contributed by atoms with Gasteiger partial charge in [-0.3, -0.25) is 4.98 Å². The van der Waals surface area contributed by atoms with Crippen LogP contribution in [-0.4, -0.2) is 27.3 Å². The van der Waals surface area contributed by atoms with Crippen LogP contribution in [0.1, 0.15) is 11.4 Å². The molecule has 0 bridgehead atoms. The minimum absolute atomic E-state index is 0.0578. The Hall–Kier alpha value is -2.89. The number of nitrogens with zero attached hydrogens (tertiary/aromatic N) is 3. The van der Waals surface area contributed by atoms with Crippen LogP contribution in [0.2, 0.25) is 0 Å². The summed E-state index contributed by atoms with van der Waals surface area (Å²) < 4.78 is 10.3. The number of ether oxygens (including phenoxy) is 1. The van der Waals surface area contributed by atoms with Crippen molar-refractivity contribution >= 4 is 0 Å². The van der Waals surface area contributed by atoms with Crippen molar-refractivity contribution in [1.82, 2.24) is 15.1 Å². The molecule has 0 saturated carbocycles. The summed E-state index contributed by atoms with van der Waals surface area (Å²) in [5.41, 5.74) is 1.64. The second-order valence-electron chi connectivity index (χ2n) is 4.47. The number of pyridine rings is 1. The summed E-state index contributed by atoms with van der Waals surface area (Å²) in [7, 11) is 1.63. The molecule has 2 aromatic heterocycles. The quantitative estimate of drug-likeness (QED) is 0.792. The summed E-state index contributed by atoms with van der Waals surface area (Å²) in [6, 6.07) is 9.19. The summed E-state index contributed by atoms with van der Waals surface area (Å²) >= 11 is 0. The van der Waals surface area contributed by atoms with E-state index in [2.05, 4.69) is 15.1 Å². The van der Waals surface area contributed by atoms with Crippen LogP contribution in [-0.2, 0) is 6.42 Å². The van der Waals surface area contributed by atoms with Crippen LogP contribution in [0.15, 0.2) is 47.2 Å². The van der Waals surface area contributed by atoms with E-state index < -0.39 is 0 Å². The molecular weight excluding hydrogens is 270 g/mol. The zero-order valence-electron chi connectivity index (χ0n) is 11.4. The van der Waals surface area contributed by atoms with Crippen LogP contribution in [0.4, 0.5) is 0 Å². The average molecular weight is 283 g/mol. The van der Waals surface area contributed by atoms with Gasteiger partial charge < -0.3 is 14.4 Å². The van der Waals surface area contributed by atoms with E-state index >= 15 is 0 Å². The predicted octanol–water partition coefficient (Wildman–Crippen LogP) is 2.44. The van der Waals surface area contributed by atoms with Gasteiger partial charge in [-0.2, -0.15) is 4.98 Å². The highest BCUT2D eigenvalue weighted by atomic mass is 16.5. The molecule has 0 atom stereocenters. The van der Waals surface area contributed by atoms with Gasteiger partial charge in [0.2, 0.25) is 0 Å². The third-order valence-corrected chi connectivity index (χ3v) is 2.96. The fourth-order valence-corrected chi connectivity index (χ4v) is 1.91. The lowest BCUT2D eigenvalue weighted by Crippen LogP contribution is -1.91. The molecule has 2 heterocycles. The molecule has 0 aliphatic heterocycles. The summed E-state index contributed by atoms with van der Waals surface area (Å²) in [6.45, 7) is 0. The summed E-state index contributed by atoms with van der Waals surface area (Å²) in [5.74, 6) is 1.77. The van der Waals surface area contributed by atoms with Gasteiger partial charge in [0.1, 0.15) is 11.5 Å². The molecular formula is C15H13N3O3. The second-order valence-corrected chi connectivity index (χ2v) is 4.47. The lowest BCUT2D eigenvalue weighted by molar-refractivity contribution is 0.414. The third kappa shape index (κ3) is 3.00. The minimum atomic E-state index is 0.0578. The Morgan fingerprint density at radius 3 is 2.71 bits per heavy atom. The van der Waals surface area contributed by atoms with Crippen molar-refractivity contribution in [3.8, 4) is 23.0 Å². The number of rotatable bonds is 4. The van der Waals surface area contributed by atoms with Crippen molar-refractivity contribution in [3.63, 3.8) is 0 Å². The van der Waals surface area contributed by atoms with Gasteiger partial charge in [0.15, 0.2) is 5.82 Å². The smallest absolute Gasteiger partial charge is 0.259 e. The van der Waals surface area contributed by atoms with Crippen molar-refractivity contribution in [1.29, 1.82) is 0 Å². The molecule has 6 heteroatoms. The van der Waals surface area contributed by atoms with Gasteiger partial charge in [-0.05, 0) is 23.8 Å². The van der Waals surface area contributed by atoms with Crippen molar-refractivity contribution < 1.29 is 14.4 Å². The predicted molar refractivity (Wildman–Crippen MR) is 75.0 cm³/mol. The molecule has 0 amide bonds. The Morgan fingerprint density at radius 1 is 1.19 bits per heavy atom. The molecule has 0 aliphatic carbocycles. The molecule has 0 unspecified atom stereocenters. The largest absolute Gasteiger partial charge is 0.506 e. The Labute approximate surface area is 121 Å². The SMILES string of the molecule is COc1ccc(Cc2noc(-c3cncc(O)c3)n2)cc1. The maximum absolute atomic E-state index is 9.40. The van der Waals surface area contributed by atoms with Crippen LogP contribution in [0.3, 0.4) is 0 Å². The van der Waals surface area contributed by atoms with E-state index in [1.807, 2.05) is 24.3 Å². The monoisotopic (exact) mass is 283 g/mol. The van der Waals surface area contributed by atoms with Crippen molar-refractivity contribution in [3.05, 3.63) is 54.1 Å². The highest BCUT2D eigenvalue weighted by molar-refractivity contribution is 5.53. The molecule has 3 rings (SSSR count). The van der Waals surface area contributed by atoms with Gasteiger partial charge in [0.25, 0.3) is 5.89 Å². The Bertz CT molecular complexity index is 738. The molecule has 6 nitrogen and oxygen atoms in total. The fraction of sp³-hybridized carbons (Fsp3) is 0.133. The molecule has 0 saturated heterocycles. The number of aromatic hydroxyl groups is 1. The molecule has 0 spiro atoms. The standard InChI is InChI=1S/C15H13N3O3/c1-20-13-4-2-10(3-5-13)6-14-17-15(21-18-14)11-7-12(19)9-16-8-11/h2-5,7-9,19H,6H2,1H3. The first-order valence-electron chi connectivity index (χ1n) is 6.34. The number of methoxy groups -OCH3 is 1. The van der Waals surface area contributed by atoms with E-state index in [1.54, 1.807) is 13.3 Å². The van der Waals surface area contributed by atoms with Gasteiger partial charge in [-0.25, -0.2) is 0 Å². The number of hydrogen-bond acceptors (Lipinski definition) is 6. The molecule has 3 aromatic rings. The summed E-state index contributed by atoms with van der Waals surface area (Å²) in [6.07, 6.45) is 3.46. The van der Waals surface area contributed by atoms with E-state index in [4.69, 9.17) is 9.26 Å². The first kappa shape index (κ1) is 13.1. The van der Waals surface area contributed by atoms with Crippen LogP contribution >= 0.6 is 0 Å². The molecule has 21 heavy (non-hydrogen) atoms. The summed E-state index contributed by atoms with van der Waals surface area (Å²) in [4.78, 5) is 8.18. The topological polar surface area (TPSA) is 81.3 Å². The van der Waals surface area contributed by atoms with Crippen LogP contribution in [0, 0.1) is 0 Å². The second kappa shape index (κ2) is 5.62. The van der Waals surface area contributed by atoms with Gasteiger partial charge >= 0.3 is 0 Å². The number of hydrogen-bond donors (Lipinski definition) is 1. The average Bonchev–Trinajstić information content (AvgIpc) is 2.97. The van der Waals surface area contributed by atoms with E-state index in [0.29, 0.717) is 23.7 Å². The van der Waals surface area contributed by atoms with E-state index in [-0.39, 0.29) is 5.75 Å². The highest BCUT2D eigenvalue weighted by Crippen LogP contribution is 2.21. The Kier molecular flexibility index (Phi) is 3.51. The Morgan fingerprint density at radius 2 is 2.00 bits per heavy atom. The van der Waals surface area contributed by atoms with Crippen LogP contribution in [0.25, 0.3) is 11.5 Å². The van der Waals surface area contributed by atoms with E-state index in [9.17, 15) is 5.11 Å². The van der Waals surface area contributed by atoms with Crippen molar-refractivity contribution in [2.75, 3.05) is 7.11 Å². The third-order valence-electron chi connectivity index (χ3n) is 2.96. The maximum Gasteiger partial charge on any atom is 0.259 e. The zero-order valence-corrected chi connectivity index (χ0v) is 11.4. The maximum atomic E-state index is 9.40. The molecule has 0 fully saturated rings. The van der Waals surface area contributed by atoms with Crippen LogP contribution in [0.5, 0.6) is 11.5 Å². The first-order chi connectivity index (χ1) is 10.2. The molecule has 1 aromatic carbocycles. The fourth-order valence-electron chi connectivity index (χ4n) is 1.91. The molecule has 106 valence electrons. The number of benzene rings is 1. The van der Waals surface area contributed by atoms with Crippen LogP contribution < -0.4 is 4.74 Å². The molecule has 0 aliphatic rings. The van der Waals surface area contributed by atoms with E-state index in [1.165, 1.54) is 12.3 Å². The lowest BCUT2D eigenvalue weighted by atomic mass is 10.1. The normalized spacial score (nSPS) is 10.5. The minimum Gasteiger partial charge on any atom is -0.506 e. The molecule has 1 N–H and O–H groups in total. The lowest BCUT2D eigenvalue weighted by Gasteiger charge is -2.00. The molecule has 0 radical (unpaired) electrons. The van der Waals surface area contributed by atoms with Gasteiger partial charge in [-0.1, -0.05) is 17.3 Å². The highest BCUT2D eigenvalue weighted by Gasteiger charge is 2.10. The zero-order chi connectivity index (χ0) is 14.7. The van der Waals surface area contributed by atoms with E-state index in [0.717, 1.165) is 11.3 Å². The Balaban J connectivity index is 1.78. The first-order valence-corrected chi connectivity index (χ1v) is 6.34. The van der Waals surface area contributed by atoms with Gasteiger partial charge in [-0.15, -0.1) is 0 Å². The number of aromatic nitrogens is 3.